The topological polar surface area (TPSA) is 113 Å². The molecule has 0 saturated heterocycles. The maximum absolute atomic E-state index is 12.9. The van der Waals surface area contributed by atoms with Crippen molar-refractivity contribution in [2.45, 2.75) is 12.5 Å². The van der Waals surface area contributed by atoms with Crippen LogP contribution in [-0.4, -0.2) is 53.1 Å². The number of fused-ring (bicyclic) bond motifs is 2. The van der Waals surface area contributed by atoms with Gasteiger partial charge in [-0.2, -0.15) is 11.8 Å². The van der Waals surface area contributed by atoms with E-state index in [1.807, 2.05) is 6.26 Å². The number of carboxylic acid groups (broad SMARTS) is 1. The second kappa shape index (κ2) is 9.02. The number of carbonyl (C=O) groups is 4. The van der Waals surface area contributed by atoms with Gasteiger partial charge in [0.2, 0.25) is 5.91 Å². The molecule has 3 N–H and O–H groups in total. The first kappa shape index (κ1) is 20.8. The van der Waals surface area contributed by atoms with Crippen molar-refractivity contribution in [2.24, 2.45) is 0 Å². The highest BCUT2D eigenvalue weighted by atomic mass is 32.2. The molecule has 0 aromatic heterocycles. The lowest BCUT2D eigenvalue weighted by Gasteiger charge is -2.20. The van der Waals surface area contributed by atoms with Crippen LogP contribution in [0.25, 0.3) is 0 Å². The summed E-state index contributed by atoms with van der Waals surface area (Å²) < 4.78 is 0. The predicted octanol–water partition coefficient (Wildman–Crippen LogP) is 2.20. The summed E-state index contributed by atoms with van der Waals surface area (Å²) in [5, 5.41) is 14.6. The fourth-order valence-corrected chi connectivity index (χ4v) is 3.68. The zero-order chi connectivity index (χ0) is 21.0. The average molecular weight is 412 g/mol. The van der Waals surface area contributed by atoms with Gasteiger partial charge in [-0.1, -0.05) is 36.4 Å². The molecule has 0 radical (unpaired) electrons. The molecule has 0 bridgehead atoms. The van der Waals surface area contributed by atoms with E-state index in [-0.39, 0.29) is 34.9 Å². The summed E-state index contributed by atoms with van der Waals surface area (Å²) in [7, 11) is 0. The first-order valence-electron chi connectivity index (χ1n) is 9.00. The minimum Gasteiger partial charge on any atom is -0.480 e. The second-order valence-corrected chi connectivity index (χ2v) is 7.52. The maximum Gasteiger partial charge on any atom is 0.320 e. The van der Waals surface area contributed by atoms with Crippen LogP contribution in [0.3, 0.4) is 0 Å². The van der Waals surface area contributed by atoms with Crippen molar-refractivity contribution >= 4 is 40.9 Å². The van der Waals surface area contributed by atoms with Crippen LogP contribution in [0.15, 0.2) is 42.5 Å². The van der Waals surface area contributed by atoms with Crippen LogP contribution in [0.1, 0.15) is 38.3 Å². The Labute approximate surface area is 171 Å². The van der Waals surface area contributed by atoms with Crippen LogP contribution in [0.4, 0.5) is 5.69 Å². The minimum absolute atomic E-state index is 0.154. The molecule has 150 valence electrons. The summed E-state index contributed by atoms with van der Waals surface area (Å²) in [6.45, 7) is -0.228. The maximum atomic E-state index is 12.9. The molecule has 0 spiro atoms. The third kappa shape index (κ3) is 4.38. The molecule has 0 aliphatic heterocycles. The number of hydrogen-bond acceptors (Lipinski definition) is 6. The van der Waals surface area contributed by atoms with E-state index in [4.69, 9.17) is 0 Å². The van der Waals surface area contributed by atoms with Crippen LogP contribution >= 0.6 is 11.8 Å². The molecule has 0 fully saturated rings. The molecule has 1 atom stereocenters. The highest BCUT2D eigenvalue weighted by molar-refractivity contribution is 7.98. The number of thioether (sulfide) groups is 1. The van der Waals surface area contributed by atoms with E-state index < -0.39 is 17.9 Å². The fourth-order valence-electron chi connectivity index (χ4n) is 3.21. The SMILES string of the molecule is CSCCC(NCC(=O)Nc1cccc2c1C(=O)c1ccccc1C2=O)C(=O)O. The Bertz CT molecular complexity index is 989. The molecular weight excluding hydrogens is 392 g/mol. The molecule has 29 heavy (non-hydrogen) atoms. The Morgan fingerprint density at radius 2 is 1.66 bits per heavy atom. The zero-order valence-corrected chi connectivity index (χ0v) is 16.5. The normalized spacial score (nSPS) is 13.4. The molecule has 0 heterocycles. The van der Waals surface area contributed by atoms with Gasteiger partial charge in [0.1, 0.15) is 6.04 Å². The fraction of sp³-hybridized carbons (Fsp3) is 0.238. The Morgan fingerprint density at radius 3 is 2.31 bits per heavy atom. The number of benzene rings is 2. The van der Waals surface area contributed by atoms with E-state index in [1.165, 1.54) is 11.8 Å². The summed E-state index contributed by atoms with van der Waals surface area (Å²) in [5.74, 6) is -1.47. The van der Waals surface area contributed by atoms with Crippen LogP contribution in [-0.2, 0) is 9.59 Å². The van der Waals surface area contributed by atoms with Crippen LogP contribution in [0, 0.1) is 0 Å². The summed E-state index contributed by atoms with van der Waals surface area (Å²) in [6, 6.07) is 10.4. The number of carboxylic acids is 1. The smallest absolute Gasteiger partial charge is 0.320 e. The van der Waals surface area contributed by atoms with Crippen LogP contribution in [0.2, 0.25) is 0 Å². The predicted molar refractivity (Wildman–Crippen MR) is 111 cm³/mol. The molecule has 1 unspecified atom stereocenters. The summed E-state index contributed by atoms with van der Waals surface area (Å²) in [5.41, 5.74) is 1.27. The molecule has 3 rings (SSSR count). The van der Waals surface area contributed by atoms with Gasteiger partial charge in [0.05, 0.1) is 17.8 Å². The van der Waals surface area contributed by atoms with Crippen molar-refractivity contribution < 1.29 is 24.3 Å². The lowest BCUT2D eigenvalue weighted by atomic mass is 9.83. The van der Waals surface area contributed by atoms with Gasteiger partial charge in [-0.25, -0.2) is 0 Å². The molecule has 2 aromatic carbocycles. The number of rotatable bonds is 8. The molecule has 8 heteroatoms. The Kier molecular flexibility index (Phi) is 6.46. The van der Waals surface area contributed by atoms with Gasteiger partial charge in [-0.15, -0.1) is 0 Å². The molecule has 7 nitrogen and oxygen atoms in total. The van der Waals surface area contributed by atoms with E-state index in [2.05, 4.69) is 10.6 Å². The number of amides is 1. The molecule has 0 saturated carbocycles. The molecular formula is C21H20N2O5S. The van der Waals surface area contributed by atoms with E-state index in [0.29, 0.717) is 23.3 Å². The van der Waals surface area contributed by atoms with E-state index >= 15 is 0 Å². The highest BCUT2D eigenvalue weighted by Crippen LogP contribution is 2.31. The Morgan fingerprint density at radius 1 is 1.00 bits per heavy atom. The summed E-state index contributed by atoms with van der Waals surface area (Å²) >= 11 is 1.52. The average Bonchev–Trinajstić information content (AvgIpc) is 2.71. The van der Waals surface area contributed by atoms with Gasteiger partial charge >= 0.3 is 5.97 Å². The Balaban J connectivity index is 1.78. The largest absolute Gasteiger partial charge is 0.480 e. The van der Waals surface area contributed by atoms with E-state index in [1.54, 1.807) is 42.5 Å². The van der Waals surface area contributed by atoms with Crippen molar-refractivity contribution in [1.29, 1.82) is 0 Å². The number of nitrogens with one attached hydrogen (secondary N) is 2. The van der Waals surface area contributed by atoms with Gasteiger partial charge < -0.3 is 10.4 Å². The standard InChI is InChI=1S/C21H20N2O5S/c1-29-10-9-16(21(27)28)22-11-17(24)23-15-8-4-7-14-18(15)20(26)13-6-3-2-5-12(13)19(14)25/h2-8,16,22H,9-11H2,1H3,(H,23,24)(H,27,28). The zero-order valence-electron chi connectivity index (χ0n) is 15.7. The number of ketones is 2. The summed E-state index contributed by atoms with van der Waals surface area (Å²) in [4.78, 5) is 49.3. The molecule has 1 aliphatic rings. The third-order valence-electron chi connectivity index (χ3n) is 4.64. The number of carbonyl (C=O) groups excluding carboxylic acids is 3. The third-order valence-corrected chi connectivity index (χ3v) is 5.29. The first-order valence-corrected chi connectivity index (χ1v) is 10.4. The lowest BCUT2D eigenvalue weighted by molar-refractivity contribution is -0.139. The van der Waals surface area contributed by atoms with Gasteiger partial charge in [-0.3, -0.25) is 24.5 Å². The van der Waals surface area contributed by atoms with Crippen LogP contribution < -0.4 is 10.6 Å². The van der Waals surface area contributed by atoms with Crippen molar-refractivity contribution in [3.8, 4) is 0 Å². The number of aliphatic carboxylic acids is 1. The monoisotopic (exact) mass is 412 g/mol. The number of anilines is 1. The molecule has 2 aromatic rings. The quantitative estimate of drug-likeness (QED) is 0.520. The van der Waals surface area contributed by atoms with Gasteiger partial charge in [0, 0.05) is 16.7 Å². The van der Waals surface area contributed by atoms with Gasteiger partial charge in [0.15, 0.2) is 11.6 Å². The summed E-state index contributed by atoms with van der Waals surface area (Å²) in [6.07, 6.45) is 2.26. The molecule has 1 aliphatic carbocycles. The van der Waals surface area contributed by atoms with E-state index in [0.717, 1.165) is 0 Å². The van der Waals surface area contributed by atoms with E-state index in [9.17, 15) is 24.3 Å². The van der Waals surface area contributed by atoms with Gasteiger partial charge in [-0.05, 0) is 24.5 Å². The van der Waals surface area contributed by atoms with Crippen molar-refractivity contribution in [3.63, 3.8) is 0 Å². The second-order valence-electron chi connectivity index (χ2n) is 6.53. The molecule has 1 amide bonds. The number of hydrogen-bond donors (Lipinski definition) is 3. The van der Waals surface area contributed by atoms with Crippen molar-refractivity contribution in [2.75, 3.05) is 23.9 Å². The Hall–Kier alpha value is -2.97. The lowest BCUT2D eigenvalue weighted by Crippen LogP contribution is -2.41. The minimum atomic E-state index is -1.03. The first-order chi connectivity index (χ1) is 13.9. The van der Waals surface area contributed by atoms with Gasteiger partial charge in [0.25, 0.3) is 0 Å². The van der Waals surface area contributed by atoms with Crippen LogP contribution in [0.5, 0.6) is 0 Å². The van der Waals surface area contributed by atoms with Crippen molar-refractivity contribution in [1.82, 2.24) is 5.32 Å². The highest BCUT2D eigenvalue weighted by Gasteiger charge is 2.31. The van der Waals surface area contributed by atoms with Crippen molar-refractivity contribution in [3.05, 3.63) is 64.7 Å².